The maximum Gasteiger partial charge on any atom is 0.223 e. The van der Waals surface area contributed by atoms with Crippen molar-refractivity contribution in [3.63, 3.8) is 0 Å². The summed E-state index contributed by atoms with van der Waals surface area (Å²) in [6.45, 7) is 4.45. The minimum atomic E-state index is 0.582. The smallest absolute Gasteiger partial charge is 0.223 e. The van der Waals surface area contributed by atoms with E-state index in [1.54, 1.807) is 13.2 Å². The summed E-state index contributed by atoms with van der Waals surface area (Å²) >= 11 is 0. The molecular formula is C18H22N6O2. The molecule has 0 aliphatic carbocycles. The van der Waals surface area contributed by atoms with Crippen molar-refractivity contribution in [3.05, 3.63) is 41.4 Å². The van der Waals surface area contributed by atoms with Gasteiger partial charge in [0.1, 0.15) is 5.82 Å². The van der Waals surface area contributed by atoms with E-state index >= 15 is 0 Å². The van der Waals surface area contributed by atoms with Crippen LogP contribution in [0.3, 0.4) is 0 Å². The molecular weight excluding hydrogens is 332 g/mol. The highest BCUT2D eigenvalue weighted by molar-refractivity contribution is 5.56. The zero-order valence-corrected chi connectivity index (χ0v) is 15.0. The van der Waals surface area contributed by atoms with Crippen LogP contribution in [0.15, 0.2) is 27.3 Å². The third kappa shape index (κ3) is 3.60. The molecule has 4 rings (SSSR count). The first-order chi connectivity index (χ1) is 12.7. The SMILES string of the molecule is Cc1nc(CCNc2nc(-c3ccco3)nc3c2CCN(C)CC3)no1. The molecule has 3 aromatic heterocycles. The quantitative estimate of drug-likeness (QED) is 0.745. The van der Waals surface area contributed by atoms with Crippen molar-refractivity contribution in [2.45, 2.75) is 26.2 Å². The van der Waals surface area contributed by atoms with Crippen LogP contribution in [0.4, 0.5) is 5.82 Å². The summed E-state index contributed by atoms with van der Waals surface area (Å²) in [5, 5.41) is 7.38. The first-order valence-electron chi connectivity index (χ1n) is 8.84. The highest BCUT2D eigenvalue weighted by Gasteiger charge is 2.20. The Bertz CT molecular complexity index is 874. The molecule has 0 saturated carbocycles. The van der Waals surface area contributed by atoms with Crippen LogP contribution in [0.5, 0.6) is 0 Å². The van der Waals surface area contributed by atoms with Gasteiger partial charge in [0.25, 0.3) is 0 Å². The molecule has 1 aliphatic rings. The Hall–Kier alpha value is -2.74. The Morgan fingerprint density at radius 2 is 2.08 bits per heavy atom. The number of fused-ring (bicyclic) bond motifs is 1. The number of aryl methyl sites for hydroxylation is 1. The van der Waals surface area contributed by atoms with Crippen LogP contribution in [0, 0.1) is 6.92 Å². The Kier molecular flexibility index (Phi) is 4.66. The van der Waals surface area contributed by atoms with Gasteiger partial charge in [-0.25, -0.2) is 9.97 Å². The molecule has 0 atom stereocenters. The normalized spacial score (nSPS) is 14.8. The third-order valence-corrected chi connectivity index (χ3v) is 4.52. The topological polar surface area (TPSA) is 93.1 Å². The Labute approximate surface area is 151 Å². The van der Waals surface area contributed by atoms with Gasteiger partial charge in [0, 0.05) is 45.0 Å². The van der Waals surface area contributed by atoms with Crippen LogP contribution in [-0.2, 0) is 19.3 Å². The molecule has 4 heterocycles. The molecule has 1 aliphatic heterocycles. The Morgan fingerprint density at radius 1 is 1.19 bits per heavy atom. The fourth-order valence-electron chi connectivity index (χ4n) is 3.11. The molecule has 3 aromatic rings. The molecule has 0 saturated heterocycles. The van der Waals surface area contributed by atoms with Gasteiger partial charge in [0.05, 0.1) is 12.0 Å². The van der Waals surface area contributed by atoms with Crippen molar-refractivity contribution in [1.82, 2.24) is 25.0 Å². The average molecular weight is 354 g/mol. The second-order valence-electron chi connectivity index (χ2n) is 6.51. The van der Waals surface area contributed by atoms with Gasteiger partial charge in [-0.05, 0) is 25.6 Å². The first kappa shape index (κ1) is 16.7. The number of hydrogen-bond acceptors (Lipinski definition) is 8. The van der Waals surface area contributed by atoms with Crippen molar-refractivity contribution >= 4 is 5.82 Å². The minimum Gasteiger partial charge on any atom is -0.461 e. The molecule has 8 heteroatoms. The summed E-state index contributed by atoms with van der Waals surface area (Å²) in [5.74, 6) is 3.45. The van der Waals surface area contributed by atoms with Crippen LogP contribution in [0.2, 0.25) is 0 Å². The van der Waals surface area contributed by atoms with E-state index < -0.39 is 0 Å². The molecule has 0 amide bonds. The molecule has 0 spiro atoms. The van der Waals surface area contributed by atoms with Gasteiger partial charge in [-0.1, -0.05) is 5.16 Å². The lowest BCUT2D eigenvalue weighted by molar-refractivity contribution is 0.352. The Morgan fingerprint density at radius 3 is 2.85 bits per heavy atom. The van der Waals surface area contributed by atoms with E-state index in [-0.39, 0.29) is 0 Å². The highest BCUT2D eigenvalue weighted by Crippen LogP contribution is 2.25. The van der Waals surface area contributed by atoms with Crippen LogP contribution in [0.1, 0.15) is 23.0 Å². The molecule has 8 nitrogen and oxygen atoms in total. The van der Waals surface area contributed by atoms with Gasteiger partial charge >= 0.3 is 0 Å². The molecule has 0 radical (unpaired) electrons. The molecule has 0 fully saturated rings. The van der Waals surface area contributed by atoms with Crippen LogP contribution in [0.25, 0.3) is 11.6 Å². The molecule has 26 heavy (non-hydrogen) atoms. The van der Waals surface area contributed by atoms with E-state index in [0.717, 1.165) is 37.4 Å². The molecule has 136 valence electrons. The zero-order chi connectivity index (χ0) is 17.9. The predicted molar refractivity (Wildman–Crippen MR) is 95.9 cm³/mol. The highest BCUT2D eigenvalue weighted by atomic mass is 16.5. The molecule has 0 bridgehead atoms. The summed E-state index contributed by atoms with van der Waals surface area (Å²) in [6, 6.07) is 3.74. The van der Waals surface area contributed by atoms with E-state index in [4.69, 9.17) is 18.9 Å². The van der Waals surface area contributed by atoms with Crippen molar-refractivity contribution in [3.8, 4) is 11.6 Å². The molecule has 1 N–H and O–H groups in total. The van der Waals surface area contributed by atoms with Gasteiger partial charge in [0.2, 0.25) is 5.89 Å². The zero-order valence-electron chi connectivity index (χ0n) is 15.0. The molecule has 0 unspecified atom stereocenters. The second-order valence-corrected chi connectivity index (χ2v) is 6.51. The largest absolute Gasteiger partial charge is 0.461 e. The predicted octanol–water partition coefficient (Wildman–Crippen LogP) is 2.11. The summed E-state index contributed by atoms with van der Waals surface area (Å²) in [5.41, 5.74) is 2.28. The standard InChI is InChI=1S/C18H22N6O2/c1-12-20-16(23-26-12)5-8-19-17-13-6-9-24(2)10-7-14(13)21-18(22-17)15-4-3-11-25-15/h3-4,11H,5-10H2,1-2H3,(H,19,21,22). The number of nitrogens with zero attached hydrogens (tertiary/aromatic N) is 5. The number of hydrogen-bond donors (Lipinski definition) is 1. The van der Waals surface area contributed by atoms with Crippen molar-refractivity contribution in [2.24, 2.45) is 0 Å². The number of rotatable bonds is 5. The fraction of sp³-hybridized carbons (Fsp3) is 0.444. The maximum absolute atomic E-state index is 5.50. The summed E-state index contributed by atoms with van der Waals surface area (Å²) < 4.78 is 10.5. The van der Waals surface area contributed by atoms with E-state index in [1.807, 2.05) is 12.1 Å². The van der Waals surface area contributed by atoms with Gasteiger partial charge in [-0.15, -0.1) is 0 Å². The van der Waals surface area contributed by atoms with Crippen molar-refractivity contribution in [2.75, 3.05) is 32.0 Å². The average Bonchev–Trinajstić information content (AvgIpc) is 3.26. The number of aromatic nitrogens is 4. The third-order valence-electron chi connectivity index (χ3n) is 4.52. The number of nitrogens with one attached hydrogen (secondary N) is 1. The van der Waals surface area contributed by atoms with Gasteiger partial charge in [-0.3, -0.25) is 0 Å². The monoisotopic (exact) mass is 354 g/mol. The van der Waals surface area contributed by atoms with Crippen LogP contribution >= 0.6 is 0 Å². The van der Waals surface area contributed by atoms with E-state index in [0.29, 0.717) is 36.3 Å². The lowest BCUT2D eigenvalue weighted by Crippen LogP contribution is -2.20. The number of furan rings is 1. The summed E-state index contributed by atoms with van der Waals surface area (Å²) in [7, 11) is 2.14. The lowest BCUT2D eigenvalue weighted by atomic mass is 10.1. The van der Waals surface area contributed by atoms with Crippen LogP contribution < -0.4 is 5.32 Å². The van der Waals surface area contributed by atoms with E-state index in [1.165, 1.54) is 5.56 Å². The fourth-order valence-corrected chi connectivity index (χ4v) is 3.11. The van der Waals surface area contributed by atoms with Gasteiger partial charge in [-0.2, -0.15) is 4.98 Å². The lowest BCUT2D eigenvalue weighted by Gasteiger charge is -2.14. The summed E-state index contributed by atoms with van der Waals surface area (Å²) in [4.78, 5) is 16.1. The van der Waals surface area contributed by atoms with Crippen molar-refractivity contribution in [1.29, 1.82) is 0 Å². The van der Waals surface area contributed by atoms with E-state index in [2.05, 4.69) is 27.4 Å². The van der Waals surface area contributed by atoms with Crippen LogP contribution in [-0.4, -0.2) is 51.7 Å². The second kappa shape index (κ2) is 7.25. The molecule has 0 aromatic carbocycles. The first-order valence-corrected chi connectivity index (χ1v) is 8.84. The van der Waals surface area contributed by atoms with Gasteiger partial charge in [0.15, 0.2) is 17.4 Å². The summed E-state index contributed by atoms with van der Waals surface area (Å²) in [6.07, 6.45) is 4.14. The van der Waals surface area contributed by atoms with Crippen molar-refractivity contribution < 1.29 is 8.94 Å². The van der Waals surface area contributed by atoms with E-state index in [9.17, 15) is 0 Å². The number of anilines is 1. The maximum atomic E-state index is 5.50. The number of likely N-dealkylation sites (N-methyl/N-ethyl adjacent to an activating group) is 1. The van der Waals surface area contributed by atoms with Gasteiger partial charge < -0.3 is 19.2 Å². The Balaban J connectivity index is 1.59. The minimum absolute atomic E-state index is 0.582.